The van der Waals surface area contributed by atoms with Gasteiger partial charge in [0.05, 0.1) is 0 Å². The molecular formula is C18H14ClN3. The lowest BCUT2D eigenvalue weighted by atomic mass is 10.2. The van der Waals surface area contributed by atoms with Crippen molar-refractivity contribution in [3.05, 3.63) is 76.5 Å². The van der Waals surface area contributed by atoms with Gasteiger partial charge in [-0.05, 0) is 55.7 Å². The molecule has 108 valence electrons. The molecule has 0 saturated heterocycles. The van der Waals surface area contributed by atoms with Crippen LogP contribution in [0.5, 0.6) is 0 Å². The number of aromatic nitrogens is 3. The number of hydrogen-bond acceptors (Lipinski definition) is 2. The van der Waals surface area contributed by atoms with Crippen molar-refractivity contribution < 1.29 is 0 Å². The van der Waals surface area contributed by atoms with Gasteiger partial charge in [0, 0.05) is 23.0 Å². The minimum absolute atomic E-state index is 0.678. The predicted molar refractivity (Wildman–Crippen MR) is 88.3 cm³/mol. The van der Waals surface area contributed by atoms with E-state index < -0.39 is 0 Å². The van der Waals surface area contributed by atoms with Gasteiger partial charge in [0.1, 0.15) is 17.3 Å². The molecule has 4 heteroatoms. The van der Waals surface area contributed by atoms with E-state index in [4.69, 9.17) is 11.6 Å². The number of rotatable bonds is 1. The summed E-state index contributed by atoms with van der Waals surface area (Å²) in [5.41, 5.74) is 2.74. The Labute approximate surface area is 134 Å². The second-order valence-electron chi connectivity index (χ2n) is 5.00. The van der Waals surface area contributed by atoms with E-state index in [0.717, 1.165) is 22.8 Å². The average Bonchev–Trinajstić information content (AvgIpc) is 2.86. The number of halogens is 1. The Morgan fingerprint density at radius 1 is 1.09 bits per heavy atom. The van der Waals surface area contributed by atoms with Crippen LogP contribution in [0.25, 0.3) is 5.82 Å². The summed E-state index contributed by atoms with van der Waals surface area (Å²) >= 11 is 5.96. The molecule has 0 aliphatic rings. The van der Waals surface area contributed by atoms with Gasteiger partial charge in [-0.15, -0.1) is 0 Å². The topological polar surface area (TPSA) is 30.7 Å². The molecule has 0 spiro atoms. The third-order valence-corrected chi connectivity index (χ3v) is 3.42. The van der Waals surface area contributed by atoms with E-state index in [-0.39, 0.29) is 0 Å². The molecule has 0 aliphatic carbocycles. The molecule has 0 atom stereocenters. The number of imidazole rings is 1. The first kappa shape index (κ1) is 14.4. The fraction of sp³-hybridized carbons (Fsp3) is 0.111. The van der Waals surface area contributed by atoms with E-state index in [9.17, 15) is 0 Å². The van der Waals surface area contributed by atoms with E-state index >= 15 is 0 Å². The molecule has 2 aromatic heterocycles. The summed E-state index contributed by atoms with van der Waals surface area (Å²) in [6.45, 7) is 3.98. The maximum atomic E-state index is 5.96. The molecule has 0 amide bonds. The van der Waals surface area contributed by atoms with Crippen LogP contribution < -0.4 is 0 Å². The van der Waals surface area contributed by atoms with Gasteiger partial charge >= 0.3 is 0 Å². The van der Waals surface area contributed by atoms with Crippen molar-refractivity contribution in [1.82, 2.24) is 14.5 Å². The van der Waals surface area contributed by atoms with Crippen LogP contribution in [-0.4, -0.2) is 14.5 Å². The molecule has 0 saturated carbocycles. The lowest BCUT2D eigenvalue weighted by Gasteiger charge is -2.03. The first-order valence-electron chi connectivity index (χ1n) is 6.88. The monoisotopic (exact) mass is 307 g/mol. The van der Waals surface area contributed by atoms with Crippen molar-refractivity contribution in [2.45, 2.75) is 13.8 Å². The third kappa shape index (κ3) is 3.19. The SMILES string of the molecule is Cc1ccnc(-n2cc(C#Cc3cccc(Cl)c3)nc2C)c1. The maximum absolute atomic E-state index is 5.96. The number of pyridine rings is 1. The Morgan fingerprint density at radius 2 is 1.95 bits per heavy atom. The largest absolute Gasteiger partial charge is 0.287 e. The molecule has 0 aliphatic heterocycles. The zero-order valence-corrected chi connectivity index (χ0v) is 13.1. The number of hydrogen-bond donors (Lipinski definition) is 0. The predicted octanol–water partition coefficient (Wildman–Crippen LogP) is 3.94. The van der Waals surface area contributed by atoms with Crippen LogP contribution in [0.2, 0.25) is 5.02 Å². The number of nitrogens with zero attached hydrogens (tertiary/aromatic N) is 3. The minimum Gasteiger partial charge on any atom is -0.287 e. The van der Waals surface area contributed by atoms with Crippen LogP contribution in [0.3, 0.4) is 0 Å². The highest BCUT2D eigenvalue weighted by molar-refractivity contribution is 6.30. The average molecular weight is 308 g/mol. The van der Waals surface area contributed by atoms with Crippen molar-refractivity contribution in [3.8, 4) is 17.7 Å². The van der Waals surface area contributed by atoms with Crippen LogP contribution in [0.1, 0.15) is 22.6 Å². The highest BCUT2D eigenvalue weighted by Crippen LogP contribution is 2.12. The molecule has 2 heterocycles. The van der Waals surface area contributed by atoms with E-state index in [0.29, 0.717) is 10.7 Å². The lowest BCUT2D eigenvalue weighted by Crippen LogP contribution is -1.98. The number of aryl methyl sites for hydroxylation is 2. The zero-order valence-electron chi connectivity index (χ0n) is 12.3. The molecule has 0 radical (unpaired) electrons. The van der Waals surface area contributed by atoms with Gasteiger partial charge in [-0.3, -0.25) is 4.57 Å². The second-order valence-corrected chi connectivity index (χ2v) is 5.43. The summed E-state index contributed by atoms with van der Waals surface area (Å²) in [5, 5.41) is 0.678. The van der Waals surface area contributed by atoms with E-state index in [1.54, 1.807) is 6.20 Å². The molecule has 0 unspecified atom stereocenters. The Bertz CT molecular complexity index is 885. The van der Waals surface area contributed by atoms with E-state index in [1.807, 2.05) is 61.0 Å². The van der Waals surface area contributed by atoms with Crippen LogP contribution in [-0.2, 0) is 0 Å². The summed E-state index contributed by atoms with van der Waals surface area (Å²) in [6.07, 6.45) is 3.69. The quantitative estimate of drug-likeness (QED) is 0.638. The highest BCUT2D eigenvalue weighted by Gasteiger charge is 2.05. The van der Waals surface area contributed by atoms with Gasteiger partial charge in [0.25, 0.3) is 0 Å². The van der Waals surface area contributed by atoms with Crippen molar-refractivity contribution >= 4 is 11.6 Å². The van der Waals surface area contributed by atoms with E-state index in [2.05, 4.69) is 21.8 Å². The molecule has 0 N–H and O–H groups in total. The Morgan fingerprint density at radius 3 is 2.73 bits per heavy atom. The van der Waals surface area contributed by atoms with Gasteiger partial charge in [-0.25, -0.2) is 9.97 Å². The summed E-state index contributed by atoms with van der Waals surface area (Å²) in [4.78, 5) is 8.84. The first-order chi connectivity index (χ1) is 10.6. The second kappa shape index (κ2) is 6.05. The van der Waals surface area contributed by atoms with E-state index in [1.165, 1.54) is 0 Å². The molecule has 3 aromatic rings. The molecule has 3 nitrogen and oxygen atoms in total. The number of benzene rings is 1. The Hall–Kier alpha value is -2.57. The minimum atomic E-state index is 0.678. The van der Waals surface area contributed by atoms with Gasteiger partial charge in [0.2, 0.25) is 0 Å². The Balaban J connectivity index is 1.93. The third-order valence-electron chi connectivity index (χ3n) is 3.19. The standard InChI is InChI=1S/C18H14ClN3/c1-13-8-9-20-18(10-13)22-12-17(21-14(22)2)7-6-15-4-3-5-16(19)11-15/h3-5,8-12H,1-2H3. The van der Waals surface area contributed by atoms with Gasteiger partial charge in [-0.2, -0.15) is 0 Å². The summed E-state index contributed by atoms with van der Waals surface area (Å²) in [6, 6.07) is 11.5. The Kier molecular flexibility index (Phi) is 3.95. The summed E-state index contributed by atoms with van der Waals surface area (Å²) < 4.78 is 1.94. The smallest absolute Gasteiger partial charge is 0.138 e. The van der Waals surface area contributed by atoms with Crippen molar-refractivity contribution in [2.24, 2.45) is 0 Å². The first-order valence-corrected chi connectivity index (χ1v) is 7.26. The van der Waals surface area contributed by atoms with Crippen LogP contribution in [0.4, 0.5) is 0 Å². The molecular weight excluding hydrogens is 294 g/mol. The van der Waals surface area contributed by atoms with Gasteiger partial charge in [0.15, 0.2) is 0 Å². The molecule has 0 fully saturated rings. The fourth-order valence-electron chi connectivity index (χ4n) is 2.12. The van der Waals surface area contributed by atoms with Gasteiger partial charge < -0.3 is 0 Å². The van der Waals surface area contributed by atoms with Crippen LogP contribution >= 0.6 is 11.6 Å². The maximum Gasteiger partial charge on any atom is 0.138 e. The normalized spacial score (nSPS) is 10.1. The zero-order chi connectivity index (χ0) is 15.5. The van der Waals surface area contributed by atoms with Crippen molar-refractivity contribution in [2.75, 3.05) is 0 Å². The van der Waals surface area contributed by atoms with Crippen LogP contribution in [0, 0.1) is 25.7 Å². The van der Waals surface area contributed by atoms with Crippen molar-refractivity contribution in [1.29, 1.82) is 0 Å². The molecule has 0 bridgehead atoms. The fourth-order valence-corrected chi connectivity index (χ4v) is 2.31. The molecule has 22 heavy (non-hydrogen) atoms. The molecule has 1 aromatic carbocycles. The highest BCUT2D eigenvalue weighted by atomic mass is 35.5. The lowest BCUT2D eigenvalue weighted by molar-refractivity contribution is 0.930. The van der Waals surface area contributed by atoms with Crippen molar-refractivity contribution in [3.63, 3.8) is 0 Å². The molecule has 3 rings (SSSR count). The summed E-state index contributed by atoms with van der Waals surface area (Å²) in [5.74, 6) is 7.84. The van der Waals surface area contributed by atoms with Gasteiger partial charge in [-0.1, -0.05) is 23.6 Å². The summed E-state index contributed by atoms with van der Waals surface area (Å²) in [7, 11) is 0. The van der Waals surface area contributed by atoms with Crippen LogP contribution in [0.15, 0.2) is 48.8 Å².